The molecule has 5 aromatic rings. The number of fused-ring (bicyclic) bond motifs is 2. The molecule has 0 radical (unpaired) electrons. The van der Waals surface area contributed by atoms with Crippen molar-refractivity contribution in [1.29, 1.82) is 0 Å². The zero-order valence-electron chi connectivity index (χ0n) is 23.9. The van der Waals surface area contributed by atoms with Gasteiger partial charge in [0, 0.05) is 40.3 Å². The number of carbonyl (C=O) groups is 2. The molecule has 9 heteroatoms. The molecular weight excluding hydrogens is 495 g/mol. The second-order valence-corrected chi connectivity index (χ2v) is 10.4. The van der Waals surface area contributed by atoms with Gasteiger partial charge in [0.05, 0.1) is 11.6 Å². The van der Waals surface area contributed by atoms with Crippen molar-refractivity contribution in [3.8, 4) is 11.1 Å². The van der Waals surface area contributed by atoms with Crippen molar-refractivity contribution < 1.29 is 18.1 Å². The maximum atomic E-state index is 13.7. The van der Waals surface area contributed by atoms with Gasteiger partial charge in [0.25, 0.3) is 5.91 Å². The largest absolute Gasteiger partial charge is 0.350 e. The van der Waals surface area contributed by atoms with Gasteiger partial charge in [0.15, 0.2) is 5.65 Å². The Labute approximate surface area is 228 Å². The molecule has 3 aromatic heterocycles. The number of halogens is 1. The standard InChI is InChI=1S/C30H27FN6O2/c1-36-16-24(29(39)33-27(17-2-3-17)18-6-9-22(31)10-7-18)23-14-20(8-11-25(23)36)21-12-13-37-26(15-21)32-30(35-37)34-28(38)19-4-5-19/h6-17,19,27H,2-5H2,1H3,(H,33,39)(H,34,35,38)/t27-/m0/s1/i1D3. The number of benzene rings is 2. The number of rotatable bonds is 7. The maximum Gasteiger partial charge on any atom is 0.253 e. The van der Waals surface area contributed by atoms with E-state index in [-0.39, 0.29) is 41.1 Å². The number of hydrogen-bond donors (Lipinski definition) is 2. The first kappa shape index (κ1) is 20.4. The average molecular weight is 526 g/mol. The number of aromatic nitrogens is 4. The van der Waals surface area contributed by atoms with Crippen LogP contribution in [-0.2, 0) is 11.8 Å². The van der Waals surface area contributed by atoms with E-state index in [1.165, 1.54) is 18.3 Å². The number of amides is 2. The zero-order chi connectivity index (χ0) is 29.2. The number of nitrogens with zero attached hydrogens (tertiary/aromatic N) is 4. The molecule has 2 N–H and O–H groups in total. The average Bonchev–Trinajstić information content (AvgIpc) is 3.89. The van der Waals surface area contributed by atoms with E-state index in [1.54, 1.807) is 41.0 Å². The Kier molecular flexibility index (Phi) is 4.74. The number of anilines is 1. The summed E-state index contributed by atoms with van der Waals surface area (Å²) >= 11 is 0. The molecule has 1 atom stereocenters. The Morgan fingerprint density at radius 2 is 1.85 bits per heavy atom. The van der Waals surface area contributed by atoms with Crippen LogP contribution in [0, 0.1) is 17.7 Å². The van der Waals surface area contributed by atoms with Crippen molar-refractivity contribution in [2.24, 2.45) is 18.8 Å². The summed E-state index contributed by atoms with van der Waals surface area (Å²) in [5.41, 5.74) is 3.52. The molecule has 7 rings (SSSR count). The van der Waals surface area contributed by atoms with Gasteiger partial charge in [-0.2, -0.15) is 4.98 Å². The number of carbonyl (C=O) groups excluding carboxylic acids is 2. The van der Waals surface area contributed by atoms with Gasteiger partial charge in [-0.1, -0.05) is 18.2 Å². The Balaban J connectivity index is 1.24. The van der Waals surface area contributed by atoms with Crippen molar-refractivity contribution in [2.45, 2.75) is 31.7 Å². The van der Waals surface area contributed by atoms with E-state index >= 15 is 0 Å². The lowest BCUT2D eigenvalue weighted by Gasteiger charge is -2.19. The molecule has 2 fully saturated rings. The third-order valence-electron chi connectivity index (χ3n) is 7.51. The summed E-state index contributed by atoms with van der Waals surface area (Å²) in [6.45, 7) is -2.49. The Morgan fingerprint density at radius 1 is 1.05 bits per heavy atom. The van der Waals surface area contributed by atoms with Crippen molar-refractivity contribution in [1.82, 2.24) is 24.5 Å². The second-order valence-electron chi connectivity index (χ2n) is 10.4. The van der Waals surface area contributed by atoms with E-state index in [9.17, 15) is 14.0 Å². The minimum absolute atomic E-state index is 0.0303. The maximum absolute atomic E-state index is 13.7. The van der Waals surface area contributed by atoms with Crippen molar-refractivity contribution in [2.75, 3.05) is 5.32 Å². The first-order valence-electron chi connectivity index (χ1n) is 14.5. The summed E-state index contributed by atoms with van der Waals surface area (Å²) < 4.78 is 40.4. The lowest BCUT2D eigenvalue weighted by atomic mass is 10.0. The normalized spacial score (nSPS) is 17.4. The van der Waals surface area contributed by atoms with Gasteiger partial charge in [-0.3, -0.25) is 14.9 Å². The number of aryl methyl sites for hydroxylation is 1. The molecule has 2 aromatic carbocycles. The number of nitrogens with one attached hydrogen (secondary N) is 2. The predicted molar refractivity (Wildman–Crippen MR) is 146 cm³/mol. The molecule has 2 saturated carbocycles. The van der Waals surface area contributed by atoms with Crippen LogP contribution in [0.5, 0.6) is 0 Å². The Morgan fingerprint density at radius 3 is 2.59 bits per heavy atom. The minimum Gasteiger partial charge on any atom is -0.350 e. The predicted octanol–water partition coefficient (Wildman–Crippen LogP) is 5.26. The molecule has 0 spiro atoms. The highest BCUT2D eigenvalue weighted by atomic mass is 19.1. The number of hydrogen-bond acceptors (Lipinski definition) is 4. The molecule has 0 unspecified atom stereocenters. The summed E-state index contributed by atoms with van der Waals surface area (Å²) in [4.78, 5) is 30.3. The Hall–Kier alpha value is -4.53. The lowest BCUT2D eigenvalue weighted by molar-refractivity contribution is -0.117. The van der Waals surface area contributed by atoms with Crippen LogP contribution < -0.4 is 10.6 Å². The monoisotopic (exact) mass is 525 g/mol. The van der Waals surface area contributed by atoms with Gasteiger partial charge in [-0.15, -0.1) is 5.10 Å². The third kappa shape index (κ3) is 4.54. The van der Waals surface area contributed by atoms with Gasteiger partial charge in [0.2, 0.25) is 11.9 Å². The van der Waals surface area contributed by atoms with Gasteiger partial charge < -0.3 is 9.88 Å². The third-order valence-corrected chi connectivity index (χ3v) is 7.51. The molecule has 39 heavy (non-hydrogen) atoms. The fourth-order valence-electron chi connectivity index (χ4n) is 5.05. The van der Waals surface area contributed by atoms with Crippen molar-refractivity contribution in [3.63, 3.8) is 0 Å². The summed E-state index contributed by atoms with van der Waals surface area (Å²) in [6.07, 6.45) is 6.76. The first-order chi connectivity index (χ1) is 20.1. The van der Waals surface area contributed by atoms with Gasteiger partial charge in [-0.25, -0.2) is 8.91 Å². The second kappa shape index (κ2) is 9.04. The van der Waals surface area contributed by atoms with Crippen LogP contribution in [0.25, 0.3) is 27.7 Å². The van der Waals surface area contributed by atoms with Crippen LogP contribution >= 0.6 is 0 Å². The first-order valence-corrected chi connectivity index (χ1v) is 13.0. The quantitative estimate of drug-likeness (QED) is 0.303. The highest BCUT2D eigenvalue weighted by Gasteiger charge is 2.34. The van der Waals surface area contributed by atoms with Crippen LogP contribution in [0.2, 0.25) is 0 Å². The molecule has 8 nitrogen and oxygen atoms in total. The summed E-state index contributed by atoms with van der Waals surface area (Å²) in [5.74, 6) is -0.326. The molecule has 2 aliphatic carbocycles. The van der Waals surface area contributed by atoms with Gasteiger partial charge in [-0.05, 0) is 84.7 Å². The molecule has 2 amide bonds. The van der Waals surface area contributed by atoms with Crippen LogP contribution in [-0.4, -0.2) is 31.0 Å². The zero-order valence-corrected chi connectivity index (χ0v) is 20.9. The molecule has 196 valence electrons. The molecule has 0 bridgehead atoms. The van der Waals surface area contributed by atoms with Gasteiger partial charge >= 0.3 is 0 Å². The van der Waals surface area contributed by atoms with Crippen LogP contribution in [0.1, 0.15) is 51.8 Å². The van der Waals surface area contributed by atoms with E-state index in [0.717, 1.165) is 46.9 Å². The van der Waals surface area contributed by atoms with E-state index in [2.05, 4.69) is 20.7 Å². The van der Waals surface area contributed by atoms with E-state index in [1.807, 2.05) is 12.1 Å². The SMILES string of the molecule is [2H]C([2H])([2H])n1cc(C(=O)N[C@H](c2ccc(F)cc2)C2CC2)c2cc(-c3ccn4nc(NC(=O)C5CC5)nc4c3)ccc21. The van der Waals surface area contributed by atoms with Gasteiger partial charge in [0.1, 0.15) is 5.82 Å². The fraction of sp³-hybridized carbons (Fsp3) is 0.267. The Bertz CT molecular complexity index is 1860. The van der Waals surface area contributed by atoms with E-state index < -0.39 is 12.9 Å². The molecule has 2 aliphatic rings. The highest BCUT2D eigenvalue weighted by Crippen LogP contribution is 2.41. The molecular formula is C30H27FN6O2. The molecule has 0 aliphatic heterocycles. The van der Waals surface area contributed by atoms with E-state index in [4.69, 9.17) is 4.11 Å². The smallest absolute Gasteiger partial charge is 0.253 e. The van der Waals surface area contributed by atoms with Crippen LogP contribution in [0.4, 0.5) is 10.3 Å². The topological polar surface area (TPSA) is 93.3 Å². The van der Waals surface area contributed by atoms with E-state index in [0.29, 0.717) is 16.6 Å². The summed E-state index contributed by atoms with van der Waals surface area (Å²) in [5, 5.41) is 10.7. The molecule has 3 heterocycles. The lowest BCUT2D eigenvalue weighted by Crippen LogP contribution is -2.29. The van der Waals surface area contributed by atoms with Crippen LogP contribution in [0.15, 0.2) is 67.0 Å². The highest BCUT2D eigenvalue weighted by molar-refractivity contribution is 6.08. The van der Waals surface area contributed by atoms with Crippen LogP contribution in [0.3, 0.4) is 0 Å². The fourth-order valence-corrected chi connectivity index (χ4v) is 5.05. The van der Waals surface area contributed by atoms with Crippen molar-refractivity contribution >= 4 is 34.3 Å². The number of pyridine rings is 1. The van der Waals surface area contributed by atoms with Crippen molar-refractivity contribution in [3.05, 3.63) is 83.9 Å². The molecule has 0 saturated heterocycles. The summed E-state index contributed by atoms with van der Waals surface area (Å²) in [7, 11) is 0. The summed E-state index contributed by atoms with van der Waals surface area (Å²) in [6, 6.07) is 14.7. The minimum atomic E-state index is -2.49.